The van der Waals surface area contributed by atoms with Crippen molar-refractivity contribution in [2.24, 2.45) is 5.92 Å². The van der Waals surface area contributed by atoms with Crippen LogP contribution in [-0.4, -0.2) is 12.5 Å². The predicted molar refractivity (Wildman–Crippen MR) is 120 cm³/mol. The van der Waals surface area contributed by atoms with Crippen LogP contribution in [0.2, 0.25) is 0 Å². The third-order valence-electron chi connectivity index (χ3n) is 5.44. The van der Waals surface area contributed by atoms with Gasteiger partial charge in [0.2, 0.25) is 5.91 Å². The Labute approximate surface area is 178 Å². The minimum Gasteiger partial charge on any atom is -0.492 e. The summed E-state index contributed by atoms with van der Waals surface area (Å²) in [5.41, 5.74) is 2.86. The van der Waals surface area contributed by atoms with Gasteiger partial charge in [-0.2, -0.15) is 0 Å². The zero-order valence-electron chi connectivity index (χ0n) is 17.3. The molecule has 0 aromatic heterocycles. The van der Waals surface area contributed by atoms with E-state index in [2.05, 4.69) is 34.9 Å². The molecule has 1 saturated carbocycles. The van der Waals surface area contributed by atoms with Gasteiger partial charge < -0.3 is 10.1 Å². The fraction of sp³-hybridized carbons (Fsp3) is 0.269. The van der Waals surface area contributed by atoms with Gasteiger partial charge in [0.15, 0.2) is 0 Å². The molecule has 2 atom stereocenters. The first-order valence-corrected chi connectivity index (χ1v) is 10.6. The van der Waals surface area contributed by atoms with E-state index in [-0.39, 0.29) is 11.9 Å². The molecule has 154 valence electrons. The average molecular weight is 401 g/mol. The smallest absolute Gasteiger partial charge is 0.246 e. The van der Waals surface area contributed by atoms with E-state index >= 15 is 0 Å². The summed E-state index contributed by atoms with van der Waals surface area (Å²) in [6.07, 6.45) is 2.37. The van der Waals surface area contributed by atoms with Crippen molar-refractivity contribution >= 4 is 11.6 Å². The normalized spacial score (nSPS) is 15.2. The predicted octanol–water partition coefficient (Wildman–Crippen LogP) is 5.51. The Morgan fingerprint density at radius 1 is 0.900 bits per heavy atom. The van der Waals surface area contributed by atoms with Crippen molar-refractivity contribution in [2.45, 2.75) is 31.8 Å². The van der Waals surface area contributed by atoms with Crippen LogP contribution < -0.4 is 15.4 Å². The highest BCUT2D eigenvalue weighted by Gasteiger charge is 2.35. The van der Waals surface area contributed by atoms with Crippen molar-refractivity contribution in [3.63, 3.8) is 0 Å². The number of para-hydroxylation sites is 2. The number of rotatable bonds is 9. The molecule has 4 nitrogen and oxygen atoms in total. The third-order valence-corrected chi connectivity index (χ3v) is 5.44. The van der Waals surface area contributed by atoms with Gasteiger partial charge in [0.1, 0.15) is 11.8 Å². The maximum Gasteiger partial charge on any atom is 0.246 e. The molecular weight excluding hydrogens is 372 g/mol. The molecule has 2 N–H and O–H groups in total. The summed E-state index contributed by atoms with van der Waals surface area (Å²) in [5.74, 6) is 1.15. The maximum atomic E-state index is 13.5. The lowest BCUT2D eigenvalue weighted by Crippen LogP contribution is -2.36. The highest BCUT2D eigenvalue weighted by atomic mass is 16.5. The second-order valence-electron chi connectivity index (χ2n) is 7.65. The molecule has 3 aromatic rings. The van der Waals surface area contributed by atoms with Crippen LogP contribution in [0.5, 0.6) is 5.75 Å². The number of hydrogen-bond donors (Lipinski definition) is 2. The van der Waals surface area contributed by atoms with Crippen molar-refractivity contribution < 1.29 is 9.53 Å². The molecule has 0 spiro atoms. The second kappa shape index (κ2) is 9.59. The van der Waals surface area contributed by atoms with Gasteiger partial charge in [-0.25, -0.2) is 0 Å². The van der Waals surface area contributed by atoms with Gasteiger partial charge in [0.05, 0.1) is 12.3 Å². The zero-order chi connectivity index (χ0) is 20.8. The number of nitrogens with one attached hydrogen (secondary N) is 2. The van der Waals surface area contributed by atoms with Crippen molar-refractivity contribution in [1.82, 2.24) is 5.32 Å². The van der Waals surface area contributed by atoms with Crippen LogP contribution in [0.3, 0.4) is 0 Å². The summed E-state index contributed by atoms with van der Waals surface area (Å²) in [7, 11) is 0. The van der Waals surface area contributed by atoms with Crippen molar-refractivity contribution in [2.75, 3.05) is 11.9 Å². The van der Waals surface area contributed by atoms with Gasteiger partial charge in [-0.05, 0) is 48.9 Å². The van der Waals surface area contributed by atoms with Gasteiger partial charge in [0, 0.05) is 6.04 Å². The van der Waals surface area contributed by atoms with Crippen molar-refractivity contribution in [3.05, 3.63) is 96.1 Å². The van der Waals surface area contributed by atoms with Crippen LogP contribution in [-0.2, 0) is 4.79 Å². The number of carbonyl (C=O) groups excluding carboxylic acids is 1. The minimum absolute atomic E-state index is 0.0880. The van der Waals surface area contributed by atoms with E-state index in [1.165, 1.54) is 18.4 Å². The van der Waals surface area contributed by atoms with E-state index in [1.54, 1.807) is 0 Å². The van der Waals surface area contributed by atoms with E-state index < -0.39 is 6.04 Å². The number of benzene rings is 3. The Hall–Kier alpha value is -3.11. The molecular formula is C26H28N2O2. The molecule has 1 aliphatic carbocycles. The van der Waals surface area contributed by atoms with Gasteiger partial charge in [0.25, 0.3) is 0 Å². The van der Waals surface area contributed by atoms with E-state index in [1.807, 2.05) is 67.6 Å². The number of ether oxygens (including phenoxy) is 1. The van der Waals surface area contributed by atoms with Crippen LogP contribution in [0.4, 0.5) is 5.69 Å². The summed E-state index contributed by atoms with van der Waals surface area (Å²) in [5, 5.41) is 6.75. The van der Waals surface area contributed by atoms with Crippen LogP contribution in [0.1, 0.15) is 43.0 Å². The fourth-order valence-electron chi connectivity index (χ4n) is 3.80. The lowest BCUT2D eigenvalue weighted by Gasteiger charge is -2.26. The Morgan fingerprint density at radius 3 is 2.13 bits per heavy atom. The maximum absolute atomic E-state index is 13.5. The number of carbonyl (C=O) groups is 1. The van der Waals surface area contributed by atoms with Crippen LogP contribution in [0.25, 0.3) is 0 Å². The topological polar surface area (TPSA) is 50.4 Å². The van der Waals surface area contributed by atoms with Crippen molar-refractivity contribution in [3.8, 4) is 5.75 Å². The third kappa shape index (κ3) is 4.89. The molecule has 1 aliphatic rings. The second-order valence-corrected chi connectivity index (χ2v) is 7.65. The number of anilines is 1. The number of amides is 1. The fourth-order valence-corrected chi connectivity index (χ4v) is 3.80. The lowest BCUT2D eigenvalue weighted by molar-refractivity contribution is -0.118. The van der Waals surface area contributed by atoms with Crippen LogP contribution in [0.15, 0.2) is 84.9 Å². The standard InChI is InChI=1S/C26H28N2O2/c1-2-30-23-16-10-9-15-22(23)27-26(29)25(20-13-7-4-8-14-20)28-24(21-17-18-21)19-11-5-3-6-12-19/h3-16,21,24-25,28H,2,17-18H2,1H3,(H,27,29). The Bertz CT molecular complexity index is 955. The molecule has 1 amide bonds. The molecule has 1 fully saturated rings. The highest BCUT2D eigenvalue weighted by molar-refractivity contribution is 5.96. The molecule has 3 aromatic carbocycles. The summed E-state index contributed by atoms with van der Waals surface area (Å²) < 4.78 is 5.69. The van der Waals surface area contributed by atoms with Crippen molar-refractivity contribution in [1.29, 1.82) is 0 Å². The quantitative estimate of drug-likeness (QED) is 0.498. The summed E-state index contributed by atoms with van der Waals surface area (Å²) >= 11 is 0. The Morgan fingerprint density at radius 2 is 1.50 bits per heavy atom. The van der Waals surface area contributed by atoms with E-state index in [9.17, 15) is 4.79 Å². The highest BCUT2D eigenvalue weighted by Crippen LogP contribution is 2.42. The molecule has 0 saturated heterocycles. The summed E-state index contributed by atoms with van der Waals surface area (Å²) in [6.45, 7) is 2.48. The molecule has 30 heavy (non-hydrogen) atoms. The molecule has 4 rings (SSSR count). The molecule has 0 radical (unpaired) electrons. The molecule has 0 aliphatic heterocycles. The molecule has 0 bridgehead atoms. The first kappa shape index (κ1) is 20.2. The Kier molecular flexibility index (Phi) is 6.45. The largest absolute Gasteiger partial charge is 0.492 e. The molecule has 4 heteroatoms. The summed E-state index contributed by atoms with van der Waals surface area (Å²) in [6, 6.07) is 27.6. The molecule has 0 heterocycles. The van der Waals surface area contributed by atoms with Crippen LogP contribution >= 0.6 is 0 Å². The van der Waals surface area contributed by atoms with Gasteiger partial charge in [-0.15, -0.1) is 0 Å². The zero-order valence-corrected chi connectivity index (χ0v) is 17.3. The first-order valence-electron chi connectivity index (χ1n) is 10.6. The van der Waals surface area contributed by atoms with Gasteiger partial charge in [-0.1, -0.05) is 72.8 Å². The van der Waals surface area contributed by atoms with Gasteiger partial charge >= 0.3 is 0 Å². The minimum atomic E-state index is -0.466. The lowest BCUT2D eigenvalue weighted by atomic mass is 9.98. The summed E-state index contributed by atoms with van der Waals surface area (Å²) in [4.78, 5) is 13.5. The SMILES string of the molecule is CCOc1ccccc1NC(=O)C(NC(c1ccccc1)C1CC1)c1ccccc1. The first-order chi connectivity index (χ1) is 14.8. The Balaban J connectivity index is 1.61. The van der Waals surface area contributed by atoms with Gasteiger partial charge in [-0.3, -0.25) is 10.1 Å². The molecule has 2 unspecified atom stereocenters. The number of hydrogen-bond acceptors (Lipinski definition) is 3. The average Bonchev–Trinajstić information content (AvgIpc) is 3.62. The van der Waals surface area contributed by atoms with E-state index in [4.69, 9.17) is 4.74 Å². The van der Waals surface area contributed by atoms with E-state index in [0.29, 0.717) is 24.0 Å². The monoisotopic (exact) mass is 400 g/mol. The van der Waals surface area contributed by atoms with E-state index in [0.717, 1.165) is 5.56 Å². The van der Waals surface area contributed by atoms with Crippen LogP contribution in [0, 0.1) is 5.92 Å².